The fourth-order valence-corrected chi connectivity index (χ4v) is 1.32. The van der Waals surface area contributed by atoms with E-state index in [1.807, 2.05) is 24.3 Å². The molecule has 0 aliphatic heterocycles. The lowest BCUT2D eigenvalue weighted by Gasteiger charge is -2.07. The third-order valence-corrected chi connectivity index (χ3v) is 2.29. The van der Waals surface area contributed by atoms with E-state index in [0.717, 1.165) is 17.7 Å². The van der Waals surface area contributed by atoms with Gasteiger partial charge in [0.2, 0.25) is 0 Å². The SMILES string of the molecule is COCCOCCCOc1ccc(CN)cc1.Cl. The van der Waals surface area contributed by atoms with E-state index in [4.69, 9.17) is 19.9 Å². The highest BCUT2D eigenvalue weighted by Crippen LogP contribution is 2.11. The Balaban J connectivity index is 0.00000289. The van der Waals surface area contributed by atoms with Gasteiger partial charge in [-0.2, -0.15) is 0 Å². The Kier molecular flexibility index (Phi) is 10.8. The fraction of sp³-hybridized carbons (Fsp3) is 0.538. The molecule has 0 unspecified atom stereocenters. The van der Waals surface area contributed by atoms with Crippen LogP contribution in [0.25, 0.3) is 0 Å². The smallest absolute Gasteiger partial charge is 0.119 e. The highest BCUT2D eigenvalue weighted by atomic mass is 35.5. The minimum absolute atomic E-state index is 0. The number of nitrogens with two attached hydrogens (primary N) is 1. The first-order valence-electron chi connectivity index (χ1n) is 5.85. The molecule has 0 amide bonds. The van der Waals surface area contributed by atoms with Gasteiger partial charge < -0.3 is 19.9 Å². The summed E-state index contributed by atoms with van der Waals surface area (Å²) in [6, 6.07) is 7.83. The van der Waals surface area contributed by atoms with Gasteiger partial charge in [0.1, 0.15) is 5.75 Å². The molecular formula is C13H22ClNO3. The Morgan fingerprint density at radius 1 is 1.00 bits per heavy atom. The third-order valence-electron chi connectivity index (χ3n) is 2.29. The maximum Gasteiger partial charge on any atom is 0.119 e. The zero-order valence-corrected chi connectivity index (χ0v) is 11.6. The summed E-state index contributed by atoms with van der Waals surface area (Å²) < 4.78 is 15.8. The summed E-state index contributed by atoms with van der Waals surface area (Å²) >= 11 is 0. The van der Waals surface area contributed by atoms with E-state index in [2.05, 4.69) is 0 Å². The molecular weight excluding hydrogens is 254 g/mol. The largest absolute Gasteiger partial charge is 0.494 e. The lowest BCUT2D eigenvalue weighted by atomic mass is 10.2. The van der Waals surface area contributed by atoms with Crippen LogP contribution in [0.1, 0.15) is 12.0 Å². The molecule has 0 aliphatic carbocycles. The lowest BCUT2D eigenvalue weighted by Crippen LogP contribution is -2.06. The molecule has 0 heterocycles. The van der Waals surface area contributed by atoms with Gasteiger partial charge in [-0.25, -0.2) is 0 Å². The van der Waals surface area contributed by atoms with Crippen molar-refractivity contribution in [3.05, 3.63) is 29.8 Å². The number of methoxy groups -OCH3 is 1. The molecule has 0 spiro atoms. The summed E-state index contributed by atoms with van der Waals surface area (Å²) in [7, 11) is 1.66. The molecule has 0 aromatic heterocycles. The number of benzene rings is 1. The van der Waals surface area contributed by atoms with Crippen LogP contribution in [0.2, 0.25) is 0 Å². The molecule has 0 fully saturated rings. The highest BCUT2D eigenvalue weighted by Gasteiger charge is 1.94. The maximum absolute atomic E-state index is 5.56. The number of rotatable bonds is 9. The molecule has 0 bridgehead atoms. The number of hydrogen-bond acceptors (Lipinski definition) is 4. The fourth-order valence-electron chi connectivity index (χ4n) is 1.32. The summed E-state index contributed by atoms with van der Waals surface area (Å²) in [5, 5.41) is 0. The summed E-state index contributed by atoms with van der Waals surface area (Å²) in [4.78, 5) is 0. The van der Waals surface area contributed by atoms with Crippen molar-refractivity contribution in [2.45, 2.75) is 13.0 Å². The van der Waals surface area contributed by atoms with Gasteiger partial charge in [0.25, 0.3) is 0 Å². The van der Waals surface area contributed by atoms with Crippen molar-refractivity contribution in [1.82, 2.24) is 0 Å². The Labute approximate surface area is 115 Å². The quantitative estimate of drug-likeness (QED) is 0.701. The van der Waals surface area contributed by atoms with Crippen molar-refractivity contribution in [1.29, 1.82) is 0 Å². The molecule has 0 saturated heterocycles. The monoisotopic (exact) mass is 275 g/mol. The van der Waals surface area contributed by atoms with E-state index in [9.17, 15) is 0 Å². The van der Waals surface area contributed by atoms with Crippen molar-refractivity contribution in [2.75, 3.05) is 33.5 Å². The average Bonchev–Trinajstić information content (AvgIpc) is 2.38. The van der Waals surface area contributed by atoms with E-state index >= 15 is 0 Å². The average molecular weight is 276 g/mol. The highest BCUT2D eigenvalue weighted by molar-refractivity contribution is 5.85. The van der Waals surface area contributed by atoms with E-state index in [-0.39, 0.29) is 12.4 Å². The van der Waals surface area contributed by atoms with Crippen LogP contribution >= 0.6 is 12.4 Å². The number of ether oxygens (including phenoxy) is 3. The molecule has 104 valence electrons. The van der Waals surface area contributed by atoms with Gasteiger partial charge in [0, 0.05) is 26.7 Å². The van der Waals surface area contributed by atoms with E-state index in [1.165, 1.54) is 0 Å². The van der Waals surface area contributed by atoms with Crippen LogP contribution in [0.3, 0.4) is 0 Å². The summed E-state index contributed by atoms with van der Waals surface area (Å²) in [5.41, 5.74) is 6.62. The van der Waals surface area contributed by atoms with Gasteiger partial charge in [-0.1, -0.05) is 12.1 Å². The summed E-state index contributed by atoms with van der Waals surface area (Å²) in [6.07, 6.45) is 0.877. The van der Waals surface area contributed by atoms with Crippen molar-refractivity contribution >= 4 is 12.4 Å². The lowest BCUT2D eigenvalue weighted by molar-refractivity contribution is 0.0644. The molecule has 5 heteroatoms. The first-order valence-corrected chi connectivity index (χ1v) is 5.85. The molecule has 4 nitrogen and oxygen atoms in total. The van der Waals surface area contributed by atoms with Gasteiger partial charge in [-0.3, -0.25) is 0 Å². The van der Waals surface area contributed by atoms with Crippen LogP contribution in [0, 0.1) is 0 Å². The molecule has 0 radical (unpaired) electrons. The van der Waals surface area contributed by atoms with Crippen LogP contribution in [0.15, 0.2) is 24.3 Å². The number of halogens is 1. The van der Waals surface area contributed by atoms with Crippen molar-refractivity contribution in [2.24, 2.45) is 5.73 Å². The Morgan fingerprint density at radius 2 is 1.72 bits per heavy atom. The zero-order valence-electron chi connectivity index (χ0n) is 10.8. The number of hydrogen-bond donors (Lipinski definition) is 1. The van der Waals surface area contributed by atoms with Crippen LogP contribution in [0.4, 0.5) is 0 Å². The predicted octanol–water partition coefficient (Wildman–Crippen LogP) is 2.00. The minimum Gasteiger partial charge on any atom is -0.494 e. The van der Waals surface area contributed by atoms with Crippen molar-refractivity contribution in [3.63, 3.8) is 0 Å². The molecule has 18 heavy (non-hydrogen) atoms. The van der Waals surface area contributed by atoms with Gasteiger partial charge in [0.15, 0.2) is 0 Å². The summed E-state index contributed by atoms with van der Waals surface area (Å²) in [5.74, 6) is 0.874. The van der Waals surface area contributed by atoms with E-state index < -0.39 is 0 Å². The molecule has 1 aromatic carbocycles. The summed E-state index contributed by atoms with van der Waals surface area (Å²) in [6.45, 7) is 3.20. The van der Waals surface area contributed by atoms with Crippen LogP contribution in [-0.2, 0) is 16.0 Å². The Hall–Kier alpha value is -0.810. The first kappa shape index (κ1) is 17.2. The zero-order chi connectivity index (χ0) is 12.3. The van der Waals surface area contributed by atoms with Gasteiger partial charge in [-0.15, -0.1) is 12.4 Å². The van der Waals surface area contributed by atoms with E-state index in [1.54, 1.807) is 7.11 Å². The molecule has 0 aliphatic rings. The predicted molar refractivity (Wildman–Crippen MR) is 74.4 cm³/mol. The van der Waals surface area contributed by atoms with Crippen LogP contribution in [-0.4, -0.2) is 33.5 Å². The van der Waals surface area contributed by atoms with Gasteiger partial charge in [-0.05, 0) is 17.7 Å². The molecule has 1 rings (SSSR count). The second kappa shape index (κ2) is 11.3. The molecule has 1 aromatic rings. The topological polar surface area (TPSA) is 53.7 Å². The van der Waals surface area contributed by atoms with Crippen LogP contribution < -0.4 is 10.5 Å². The van der Waals surface area contributed by atoms with Crippen molar-refractivity contribution < 1.29 is 14.2 Å². The van der Waals surface area contributed by atoms with Gasteiger partial charge >= 0.3 is 0 Å². The second-order valence-corrected chi connectivity index (χ2v) is 3.66. The van der Waals surface area contributed by atoms with Gasteiger partial charge in [0.05, 0.1) is 19.8 Å². The Bertz CT molecular complexity index is 293. The van der Waals surface area contributed by atoms with E-state index in [0.29, 0.717) is 33.0 Å². The molecule has 0 atom stereocenters. The van der Waals surface area contributed by atoms with Crippen molar-refractivity contribution in [3.8, 4) is 5.75 Å². The normalized spacial score (nSPS) is 9.89. The standard InChI is InChI=1S/C13H21NO3.ClH/c1-15-9-10-16-7-2-8-17-13-5-3-12(11-14)4-6-13;/h3-6H,2,7-11,14H2,1H3;1H. The third kappa shape index (κ3) is 7.50. The minimum atomic E-state index is 0. The Morgan fingerprint density at radius 3 is 2.33 bits per heavy atom. The molecule has 2 N–H and O–H groups in total. The van der Waals surface area contributed by atoms with Crippen LogP contribution in [0.5, 0.6) is 5.75 Å². The first-order chi connectivity index (χ1) is 8.36. The molecule has 0 saturated carbocycles. The maximum atomic E-state index is 5.56. The second-order valence-electron chi connectivity index (χ2n) is 3.66.